The SMILES string of the molecule is Clc1[c]c(Cl)cc(N(Cc2ccccc2)Cc2ccccc2)c1. The van der Waals surface area contributed by atoms with Crippen molar-refractivity contribution in [1.29, 1.82) is 0 Å². The van der Waals surface area contributed by atoms with E-state index in [2.05, 4.69) is 59.5 Å². The molecule has 0 amide bonds. The molecule has 3 aromatic carbocycles. The van der Waals surface area contributed by atoms with E-state index in [1.807, 2.05) is 24.3 Å². The van der Waals surface area contributed by atoms with Gasteiger partial charge in [-0.15, -0.1) is 0 Å². The number of hydrogen-bond donors (Lipinski definition) is 0. The number of anilines is 1. The Morgan fingerprint density at radius 3 is 1.57 bits per heavy atom. The second kappa shape index (κ2) is 7.54. The maximum atomic E-state index is 6.13. The second-order valence-corrected chi connectivity index (χ2v) is 6.18. The molecule has 3 heteroatoms. The van der Waals surface area contributed by atoms with Gasteiger partial charge in [-0.1, -0.05) is 83.9 Å². The zero-order valence-corrected chi connectivity index (χ0v) is 14.1. The lowest BCUT2D eigenvalue weighted by molar-refractivity contribution is 0.800. The number of rotatable bonds is 5. The maximum Gasteiger partial charge on any atom is 0.0521 e. The van der Waals surface area contributed by atoms with Crippen molar-refractivity contribution in [2.45, 2.75) is 13.1 Å². The third-order valence-electron chi connectivity index (χ3n) is 3.59. The molecule has 0 aliphatic carbocycles. The monoisotopic (exact) mass is 340 g/mol. The molecule has 0 aliphatic heterocycles. The molecule has 0 heterocycles. The van der Waals surface area contributed by atoms with Gasteiger partial charge >= 0.3 is 0 Å². The molecule has 3 aromatic rings. The molecule has 0 N–H and O–H groups in total. The fraction of sp³-hybridized carbons (Fsp3) is 0.100. The van der Waals surface area contributed by atoms with Crippen molar-refractivity contribution in [3.05, 3.63) is 100 Å². The smallest absolute Gasteiger partial charge is 0.0521 e. The first kappa shape index (κ1) is 15.9. The average molecular weight is 341 g/mol. The lowest BCUT2D eigenvalue weighted by atomic mass is 10.1. The van der Waals surface area contributed by atoms with E-state index in [4.69, 9.17) is 23.2 Å². The molecule has 3 rings (SSSR count). The van der Waals surface area contributed by atoms with Crippen molar-refractivity contribution in [1.82, 2.24) is 0 Å². The van der Waals surface area contributed by atoms with Crippen molar-refractivity contribution in [2.75, 3.05) is 4.90 Å². The van der Waals surface area contributed by atoms with Crippen molar-refractivity contribution in [2.24, 2.45) is 0 Å². The molecule has 0 unspecified atom stereocenters. The molecule has 0 aromatic heterocycles. The van der Waals surface area contributed by atoms with Crippen LogP contribution < -0.4 is 4.90 Å². The number of nitrogens with zero attached hydrogens (tertiary/aromatic N) is 1. The highest BCUT2D eigenvalue weighted by molar-refractivity contribution is 6.34. The molecular weight excluding hydrogens is 325 g/mol. The second-order valence-electron chi connectivity index (χ2n) is 5.36. The fourth-order valence-electron chi connectivity index (χ4n) is 2.52. The summed E-state index contributed by atoms with van der Waals surface area (Å²) < 4.78 is 0. The summed E-state index contributed by atoms with van der Waals surface area (Å²) in [5.74, 6) is 0. The van der Waals surface area contributed by atoms with Crippen LogP contribution in [0.25, 0.3) is 0 Å². The minimum atomic E-state index is 0.527. The Kier molecular flexibility index (Phi) is 5.22. The van der Waals surface area contributed by atoms with Gasteiger partial charge in [0.25, 0.3) is 0 Å². The third-order valence-corrected chi connectivity index (χ3v) is 3.99. The van der Waals surface area contributed by atoms with Crippen LogP contribution in [0.1, 0.15) is 11.1 Å². The molecule has 0 saturated heterocycles. The summed E-state index contributed by atoms with van der Waals surface area (Å²) in [5, 5.41) is 1.05. The molecule has 0 bridgehead atoms. The molecule has 1 radical (unpaired) electrons. The van der Waals surface area contributed by atoms with E-state index >= 15 is 0 Å². The van der Waals surface area contributed by atoms with Crippen molar-refractivity contribution in [3.8, 4) is 0 Å². The van der Waals surface area contributed by atoms with E-state index in [0.29, 0.717) is 10.0 Å². The predicted octanol–water partition coefficient (Wildman–Crippen LogP) is 6.00. The highest BCUT2D eigenvalue weighted by Crippen LogP contribution is 2.27. The zero-order valence-electron chi connectivity index (χ0n) is 12.5. The van der Waals surface area contributed by atoms with Crippen LogP contribution in [0.4, 0.5) is 5.69 Å². The Labute approximate surface area is 147 Å². The standard InChI is InChI=1S/C20H16Cl2N/c21-18-11-19(22)13-20(12-18)23(14-16-7-3-1-4-8-16)15-17-9-5-2-6-10-17/h1-10,12-13H,14-15H2. The summed E-state index contributed by atoms with van der Waals surface area (Å²) in [4.78, 5) is 2.26. The lowest BCUT2D eigenvalue weighted by Crippen LogP contribution is -2.22. The van der Waals surface area contributed by atoms with E-state index < -0.39 is 0 Å². The Morgan fingerprint density at radius 2 is 1.13 bits per heavy atom. The van der Waals surface area contributed by atoms with Gasteiger partial charge < -0.3 is 4.90 Å². The molecule has 0 fully saturated rings. The summed E-state index contributed by atoms with van der Waals surface area (Å²) in [6.07, 6.45) is 0. The number of halogens is 2. The van der Waals surface area contributed by atoms with Gasteiger partial charge in [-0.3, -0.25) is 0 Å². The molecule has 23 heavy (non-hydrogen) atoms. The van der Waals surface area contributed by atoms with Gasteiger partial charge in [0.15, 0.2) is 0 Å². The van der Waals surface area contributed by atoms with Crippen molar-refractivity contribution < 1.29 is 0 Å². The van der Waals surface area contributed by atoms with Crippen LogP contribution in [0.5, 0.6) is 0 Å². The third kappa shape index (κ3) is 4.51. The summed E-state index contributed by atoms with van der Waals surface area (Å²) in [5.41, 5.74) is 3.47. The first-order valence-electron chi connectivity index (χ1n) is 7.42. The largest absolute Gasteiger partial charge is 0.363 e. The van der Waals surface area contributed by atoms with E-state index in [-0.39, 0.29) is 0 Å². The number of benzene rings is 3. The Balaban J connectivity index is 1.92. The van der Waals surface area contributed by atoms with Crippen LogP contribution in [-0.4, -0.2) is 0 Å². The highest BCUT2D eigenvalue weighted by atomic mass is 35.5. The first-order valence-corrected chi connectivity index (χ1v) is 8.17. The predicted molar refractivity (Wildman–Crippen MR) is 98.1 cm³/mol. The van der Waals surface area contributed by atoms with Crippen LogP contribution >= 0.6 is 23.2 Å². The summed E-state index contributed by atoms with van der Waals surface area (Å²) >= 11 is 12.3. The molecule has 0 aliphatic rings. The van der Waals surface area contributed by atoms with Crippen LogP contribution in [0.15, 0.2) is 72.8 Å². The van der Waals surface area contributed by atoms with Crippen molar-refractivity contribution in [3.63, 3.8) is 0 Å². The van der Waals surface area contributed by atoms with Gasteiger partial charge in [0.2, 0.25) is 0 Å². The number of hydrogen-bond acceptors (Lipinski definition) is 1. The first-order chi connectivity index (χ1) is 11.2. The highest BCUT2D eigenvalue weighted by Gasteiger charge is 2.10. The molecule has 0 saturated carbocycles. The van der Waals surface area contributed by atoms with Crippen LogP contribution in [-0.2, 0) is 13.1 Å². The van der Waals surface area contributed by atoms with E-state index in [1.54, 1.807) is 0 Å². The molecule has 0 atom stereocenters. The normalized spacial score (nSPS) is 10.5. The molecule has 0 spiro atoms. The van der Waals surface area contributed by atoms with Gasteiger partial charge in [0, 0.05) is 24.8 Å². The van der Waals surface area contributed by atoms with Gasteiger partial charge in [0.05, 0.1) is 10.0 Å². The maximum absolute atomic E-state index is 6.13. The summed E-state index contributed by atoms with van der Waals surface area (Å²) in [6, 6.07) is 27.4. The fourth-order valence-corrected chi connectivity index (χ4v) is 2.99. The van der Waals surface area contributed by atoms with Gasteiger partial charge in [0.1, 0.15) is 0 Å². The minimum Gasteiger partial charge on any atom is -0.363 e. The average Bonchev–Trinajstić information content (AvgIpc) is 2.55. The van der Waals surface area contributed by atoms with E-state index in [1.165, 1.54) is 11.1 Å². The quantitative estimate of drug-likeness (QED) is 0.550. The van der Waals surface area contributed by atoms with Crippen molar-refractivity contribution >= 4 is 28.9 Å². The topological polar surface area (TPSA) is 3.24 Å². The lowest BCUT2D eigenvalue weighted by Gasteiger charge is -2.25. The van der Waals surface area contributed by atoms with Gasteiger partial charge in [-0.25, -0.2) is 0 Å². The summed E-state index contributed by atoms with van der Waals surface area (Å²) in [7, 11) is 0. The molecule has 1 nitrogen and oxygen atoms in total. The Bertz CT molecular complexity index is 695. The Morgan fingerprint density at radius 1 is 0.696 bits per heavy atom. The Hall–Kier alpha value is -1.96. The molecule has 115 valence electrons. The van der Waals surface area contributed by atoms with Crippen LogP contribution in [0, 0.1) is 6.07 Å². The van der Waals surface area contributed by atoms with E-state index in [0.717, 1.165) is 18.8 Å². The van der Waals surface area contributed by atoms with Gasteiger partial charge in [-0.2, -0.15) is 0 Å². The van der Waals surface area contributed by atoms with Gasteiger partial charge in [-0.05, 0) is 23.3 Å². The molecular formula is C20H16Cl2N. The summed E-state index contributed by atoms with van der Waals surface area (Å²) in [6.45, 7) is 1.57. The zero-order chi connectivity index (χ0) is 16.1. The van der Waals surface area contributed by atoms with E-state index in [9.17, 15) is 0 Å². The van der Waals surface area contributed by atoms with Crippen LogP contribution in [0.2, 0.25) is 10.0 Å². The van der Waals surface area contributed by atoms with Crippen LogP contribution in [0.3, 0.4) is 0 Å². The minimum absolute atomic E-state index is 0.527.